The molecule has 2 aromatic carbocycles. The molecule has 132 valence electrons. The topological polar surface area (TPSA) is 93.4 Å². The number of nitrogens with two attached hydrogens (primary N) is 1. The van der Waals surface area contributed by atoms with Crippen LogP contribution in [0.25, 0.3) is 0 Å². The third kappa shape index (κ3) is 5.69. The SMILES string of the molecule is CC(Oc1cccc(Cl)c1)C(=O)NC(C)c1ccc(NC(N)=O)cc1. The molecule has 0 saturated carbocycles. The van der Waals surface area contributed by atoms with Crippen LogP contribution in [-0.4, -0.2) is 18.0 Å². The third-order valence-corrected chi connectivity index (χ3v) is 3.75. The summed E-state index contributed by atoms with van der Waals surface area (Å²) in [7, 11) is 0. The molecule has 2 unspecified atom stereocenters. The van der Waals surface area contributed by atoms with E-state index in [4.69, 9.17) is 22.1 Å². The van der Waals surface area contributed by atoms with Gasteiger partial charge in [0.15, 0.2) is 6.10 Å². The first kappa shape index (κ1) is 18.6. The first-order valence-corrected chi connectivity index (χ1v) is 8.12. The van der Waals surface area contributed by atoms with Crippen molar-refractivity contribution in [2.75, 3.05) is 5.32 Å². The number of carbonyl (C=O) groups is 2. The number of halogens is 1. The van der Waals surface area contributed by atoms with Crippen LogP contribution in [0.3, 0.4) is 0 Å². The van der Waals surface area contributed by atoms with E-state index in [9.17, 15) is 9.59 Å². The van der Waals surface area contributed by atoms with E-state index in [0.29, 0.717) is 16.5 Å². The van der Waals surface area contributed by atoms with Gasteiger partial charge in [0.25, 0.3) is 5.91 Å². The highest BCUT2D eigenvalue weighted by Crippen LogP contribution is 2.19. The molecule has 25 heavy (non-hydrogen) atoms. The zero-order valence-electron chi connectivity index (χ0n) is 14.0. The lowest BCUT2D eigenvalue weighted by atomic mass is 10.1. The summed E-state index contributed by atoms with van der Waals surface area (Å²) in [4.78, 5) is 23.1. The summed E-state index contributed by atoms with van der Waals surface area (Å²) in [6, 6.07) is 13.1. The van der Waals surface area contributed by atoms with E-state index >= 15 is 0 Å². The van der Waals surface area contributed by atoms with Crippen molar-refractivity contribution in [2.45, 2.75) is 26.0 Å². The molecule has 6 nitrogen and oxygen atoms in total. The fourth-order valence-corrected chi connectivity index (χ4v) is 2.39. The van der Waals surface area contributed by atoms with Crippen LogP contribution in [-0.2, 0) is 4.79 Å². The van der Waals surface area contributed by atoms with Crippen LogP contribution in [0.1, 0.15) is 25.5 Å². The van der Waals surface area contributed by atoms with Gasteiger partial charge >= 0.3 is 6.03 Å². The van der Waals surface area contributed by atoms with Crippen LogP contribution in [0.2, 0.25) is 5.02 Å². The Morgan fingerprint density at radius 3 is 2.40 bits per heavy atom. The minimum atomic E-state index is -0.670. The van der Waals surface area contributed by atoms with Crippen LogP contribution < -0.4 is 21.1 Å². The standard InChI is InChI=1S/C18H20ClN3O3/c1-11(13-6-8-15(9-7-13)22-18(20)24)21-17(23)12(2)25-16-5-3-4-14(19)10-16/h3-12H,1-2H3,(H,21,23)(H3,20,22,24). The van der Waals surface area contributed by atoms with E-state index in [1.54, 1.807) is 55.5 Å². The molecule has 4 N–H and O–H groups in total. The predicted molar refractivity (Wildman–Crippen MR) is 97.7 cm³/mol. The van der Waals surface area contributed by atoms with Crippen molar-refractivity contribution >= 4 is 29.2 Å². The molecular formula is C18H20ClN3O3. The summed E-state index contributed by atoms with van der Waals surface area (Å²) in [5.41, 5.74) is 6.54. The number of urea groups is 1. The molecule has 0 aliphatic carbocycles. The van der Waals surface area contributed by atoms with Crippen molar-refractivity contribution in [3.05, 3.63) is 59.1 Å². The average Bonchev–Trinajstić information content (AvgIpc) is 2.54. The predicted octanol–water partition coefficient (Wildman–Crippen LogP) is 3.48. The lowest BCUT2D eigenvalue weighted by molar-refractivity contribution is -0.127. The molecular weight excluding hydrogens is 342 g/mol. The lowest BCUT2D eigenvalue weighted by Gasteiger charge is -2.19. The molecule has 0 heterocycles. The molecule has 0 aliphatic heterocycles. The van der Waals surface area contributed by atoms with E-state index in [0.717, 1.165) is 5.56 Å². The molecule has 2 atom stereocenters. The van der Waals surface area contributed by atoms with Gasteiger partial charge in [-0.1, -0.05) is 29.8 Å². The van der Waals surface area contributed by atoms with Crippen LogP contribution in [0, 0.1) is 0 Å². The van der Waals surface area contributed by atoms with E-state index < -0.39 is 12.1 Å². The summed E-state index contributed by atoms with van der Waals surface area (Å²) >= 11 is 5.90. The fourth-order valence-electron chi connectivity index (χ4n) is 2.21. The van der Waals surface area contributed by atoms with Crippen molar-refractivity contribution in [3.8, 4) is 5.75 Å². The quantitative estimate of drug-likeness (QED) is 0.735. The van der Waals surface area contributed by atoms with E-state index in [-0.39, 0.29) is 11.9 Å². The summed E-state index contributed by atoms with van der Waals surface area (Å²) in [6.07, 6.45) is -0.670. The number of nitrogens with one attached hydrogen (secondary N) is 2. The number of benzene rings is 2. The molecule has 3 amide bonds. The number of rotatable bonds is 6. The van der Waals surface area contributed by atoms with Gasteiger partial charge in [-0.25, -0.2) is 4.79 Å². The van der Waals surface area contributed by atoms with E-state index in [2.05, 4.69) is 10.6 Å². The Morgan fingerprint density at radius 1 is 1.12 bits per heavy atom. The Morgan fingerprint density at radius 2 is 1.80 bits per heavy atom. The second kappa shape index (κ2) is 8.39. The van der Waals surface area contributed by atoms with Gasteiger partial charge in [-0.15, -0.1) is 0 Å². The fraction of sp³-hybridized carbons (Fsp3) is 0.222. The van der Waals surface area contributed by atoms with Gasteiger partial charge in [-0.2, -0.15) is 0 Å². The minimum absolute atomic E-state index is 0.222. The van der Waals surface area contributed by atoms with Gasteiger partial charge in [-0.3, -0.25) is 4.79 Å². The molecule has 2 rings (SSSR count). The number of ether oxygens (including phenoxy) is 1. The van der Waals surface area contributed by atoms with Crippen molar-refractivity contribution in [1.29, 1.82) is 0 Å². The highest BCUT2D eigenvalue weighted by molar-refractivity contribution is 6.30. The summed E-state index contributed by atoms with van der Waals surface area (Å²) in [5.74, 6) is 0.288. The van der Waals surface area contributed by atoms with Crippen molar-refractivity contribution < 1.29 is 14.3 Å². The van der Waals surface area contributed by atoms with Gasteiger partial charge < -0.3 is 21.1 Å². The minimum Gasteiger partial charge on any atom is -0.481 e. The monoisotopic (exact) mass is 361 g/mol. The smallest absolute Gasteiger partial charge is 0.316 e. The number of carbonyl (C=O) groups excluding carboxylic acids is 2. The summed E-state index contributed by atoms with van der Waals surface area (Å²) in [5, 5.41) is 5.91. The van der Waals surface area contributed by atoms with Crippen molar-refractivity contribution in [3.63, 3.8) is 0 Å². The van der Waals surface area contributed by atoms with Crippen LogP contribution >= 0.6 is 11.6 Å². The third-order valence-electron chi connectivity index (χ3n) is 3.52. The number of primary amides is 1. The summed E-state index contributed by atoms with van der Waals surface area (Å²) in [6.45, 7) is 3.53. The molecule has 0 saturated heterocycles. The zero-order chi connectivity index (χ0) is 18.4. The average molecular weight is 362 g/mol. The molecule has 0 aromatic heterocycles. The molecule has 0 aliphatic rings. The summed E-state index contributed by atoms with van der Waals surface area (Å²) < 4.78 is 5.60. The molecule has 2 aromatic rings. The first-order chi connectivity index (χ1) is 11.8. The van der Waals surface area contributed by atoms with Crippen LogP contribution in [0.15, 0.2) is 48.5 Å². The second-order valence-electron chi connectivity index (χ2n) is 5.56. The Balaban J connectivity index is 1.93. The largest absolute Gasteiger partial charge is 0.481 e. The van der Waals surface area contributed by atoms with Gasteiger partial charge in [0.1, 0.15) is 5.75 Å². The first-order valence-electron chi connectivity index (χ1n) is 7.74. The Kier molecular flexibility index (Phi) is 6.25. The van der Waals surface area contributed by atoms with Gasteiger partial charge in [0.2, 0.25) is 0 Å². The van der Waals surface area contributed by atoms with Gasteiger partial charge in [0, 0.05) is 10.7 Å². The normalized spacial score (nSPS) is 12.8. The van der Waals surface area contributed by atoms with Crippen molar-refractivity contribution in [2.24, 2.45) is 5.73 Å². The second-order valence-corrected chi connectivity index (χ2v) is 6.00. The Labute approximate surface area is 151 Å². The highest BCUT2D eigenvalue weighted by Gasteiger charge is 2.18. The van der Waals surface area contributed by atoms with Gasteiger partial charge in [0.05, 0.1) is 6.04 Å². The maximum absolute atomic E-state index is 12.3. The van der Waals surface area contributed by atoms with Crippen LogP contribution in [0.4, 0.5) is 10.5 Å². The Bertz CT molecular complexity index is 749. The lowest BCUT2D eigenvalue weighted by Crippen LogP contribution is -2.37. The zero-order valence-corrected chi connectivity index (χ0v) is 14.7. The number of anilines is 1. The molecule has 0 bridgehead atoms. The highest BCUT2D eigenvalue weighted by atomic mass is 35.5. The molecule has 0 spiro atoms. The Hall–Kier alpha value is -2.73. The molecule has 0 fully saturated rings. The number of hydrogen-bond donors (Lipinski definition) is 3. The van der Waals surface area contributed by atoms with Gasteiger partial charge in [-0.05, 0) is 49.7 Å². The number of hydrogen-bond acceptors (Lipinski definition) is 3. The molecule has 0 radical (unpaired) electrons. The molecule has 7 heteroatoms. The van der Waals surface area contributed by atoms with Crippen LogP contribution in [0.5, 0.6) is 5.75 Å². The maximum Gasteiger partial charge on any atom is 0.316 e. The van der Waals surface area contributed by atoms with E-state index in [1.165, 1.54) is 0 Å². The van der Waals surface area contributed by atoms with E-state index in [1.807, 2.05) is 6.92 Å². The van der Waals surface area contributed by atoms with Crippen molar-refractivity contribution in [1.82, 2.24) is 5.32 Å². The maximum atomic E-state index is 12.3. The number of amides is 3.